The molecule has 0 spiro atoms. The molecule has 2 aromatic carbocycles. The van der Waals surface area contributed by atoms with Gasteiger partial charge in [0, 0.05) is 25.2 Å². The van der Waals surface area contributed by atoms with Gasteiger partial charge in [0.05, 0.1) is 30.4 Å². The molecule has 0 aliphatic carbocycles. The van der Waals surface area contributed by atoms with Crippen LogP contribution in [0.3, 0.4) is 0 Å². The van der Waals surface area contributed by atoms with Crippen LogP contribution < -0.4 is 14.8 Å². The molecular formula is C27H31FN4O6S2. The summed E-state index contributed by atoms with van der Waals surface area (Å²) in [6.45, 7) is 3.60. The van der Waals surface area contributed by atoms with E-state index in [9.17, 15) is 27.5 Å². The van der Waals surface area contributed by atoms with Crippen LogP contribution in [0.5, 0.6) is 5.75 Å². The molecule has 3 amide bonds. The number of aliphatic hydroxyl groups excluding tert-OH is 1. The summed E-state index contributed by atoms with van der Waals surface area (Å²) in [5.74, 6) is -1.13. The molecule has 3 N–H and O–H groups in total. The Morgan fingerprint density at radius 2 is 1.95 bits per heavy atom. The molecule has 1 aliphatic rings. The number of rotatable bonds is 8. The molecule has 0 saturated carbocycles. The minimum atomic E-state index is -3.96. The molecule has 0 saturated heterocycles. The Kier molecular flexibility index (Phi) is 8.96. The first kappa shape index (κ1) is 29.3. The molecule has 13 heteroatoms. The Labute approximate surface area is 236 Å². The number of nitrogens with zero attached hydrogens (tertiary/aromatic N) is 2. The number of urea groups is 1. The number of ether oxygens (including phenoxy) is 1. The van der Waals surface area contributed by atoms with Crippen molar-refractivity contribution < 1.29 is 32.2 Å². The van der Waals surface area contributed by atoms with E-state index in [1.165, 1.54) is 52.3 Å². The number of aliphatic hydroxyl groups is 1. The van der Waals surface area contributed by atoms with Crippen LogP contribution in [-0.2, 0) is 10.0 Å². The van der Waals surface area contributed by atoms with Crippen LogP contribution >= 0.6 is 11.3 Å². The number of halogens is 1. The van der Waals surface area contributed by atoms with E-state index in [1.54, 1.807) is 31.5 Å². The van der Waals surface area contributed by atoms with Crippen molar-refractivity contribution in [2.24, 2.45) is 5.92 Å². The highest BCUT2D eigenvalue weighted by Gasteiger charge is 2.35. The normalized spacial score (nSPS) is 18.1. The Hall–Kier alpha value is -3.68. The summed E-state index contributed by atoms with van der Waals surface area (Å²) in [5, 5.41) is 14.2. The third-order valence-electron chi connectivity index (χ3n) is 6.59. The molecule has 40 heavy (non-hydrogen) atoms. The van der Waals surface area contributed by atoms with Crippen molar-refractivity contribution in [3.05, 3.63) is 71.4 Å². The van der Waals surface area contributed by atoms with Gasteiger partial charge < -0.3 is 25.0 Å². The number of benzene rings is 2. The predicted octanol–water partition coefficient (Wildman–Crippen LogP) is 4.07. The molecule has 0 radical (unpaired) electrons. The van der Waals surface area contributed by atoms with E-state index in [4.69, 9.17) is 4.74 Å². The molecule has 3 aromatic rings. The first-order valence-electron chi connectivity index (χ1n) is 12.6. The average Bonchev–Trinajstić information content (AvgIpc) is 3.48. The minimum absolute atomic E-state index is 0.0339. The number of hydrogen-bond acceptors (Lipinski definition) is 7. The number of nitrogens with one attached hydrogen (secondary N) is 2. The number of carbonyl (C=O) groups excluding carboxylic acids is 2. The second kappa shape index (κ2) is 12.2. The van der Waals surface area contributed by atoms with E-state index in [1.807, 2.05) is 6.92 Å². The maximum absolute atomic E-state index is 13.6. The number of anilines is 2. The molecule has 0 bridgehead atoms. The van der Waals surface area contributed by atoms with Crippen LogP contribution in [0, 0.1) is 11.7 Å². The summed E-state index contributed by atoms with van der Waals surface area (Å²) in [6, 6.07) is 12.1. The lowest BCUT2D eigenvalue weighted by Crippen LogP contribution is -2.50. The fraction of sp³-hybridized carbons (Fsp3) is 0.333. The van der Waals surface area contributed by atoms with E-state index in [0.717, 1.165) is 11.3 Å². The summed E-state index contributed by atoms with van der Waals surface area (Å²) in [5.41, 5.74) is 0.615. The maximum Gasteiger partial charge on any atom is 0.321 e. The van der Waals surface area contributed by atoms with Crippen LogP contribution in [0.15, 0.2) is 64.2 Å². The van der Waals surface area contributed by atoms with Gasteiger partial charge in [-0.05, 0) is 54.8 Å². The Balaban J connectivity index is 1.67. The zero-order chi connectivity index (χ0) is 29.0. The van der Waals surface area contributed by atoms with Crippen LogP contribution in [0.2, 0.25) is 0 Å². The van der Waals surface area contributed by atoms with E-state index in [2.05, 4.69) is 10.0 Å². The molecular weight excluding hydrogens is 559 g/mol. The first-order chi connectivity index (χ1) is 19.0. The van der Waals surface area contributed by atoms with Gasteiger partial charge in [-0.25, -0.2) is 17.6 Å². The van der Waals surface area contributed by atoms with E-state index >= 15 is 0 Å². The quantitative estimate of drug-likeness (QED) is 0.363. The average molecular weight is 591 g/mol. The van der Waals surface area contributed by atoms with E-state index in [-0.39, 0.29) is 46.8 Å². The van der Waals surface area contributed by atoms with Gasteiger partial charge in [-0.2, -0.15) is 0 Å². The number of para-hydroxylation sites is 1. The minimum Gasteiger partial charge on any atom is -0.485 e. The lowest BCUT2D eigenvalue weighted by Gasteiger charge is -2.38. The number of likely N-dealkylation sites (N-methyl/N-ethyl adjacent to an activating group) is 1. The van der Waals surface area contributed by atoms with Gasteiger partial charge in [0.2, 0.25) is 0 Å². The molecule has 3 atom stereocenters. The number of carbonyl (C=O) groups is 2. The molecule has 0 unspecified atom stereocenters. The summed E-state index contributed by atoms with van der Waals surface area (Å²) < 4.78 is 48.3. The molecule has 1 aromatic heterocycles. The third-order valence-corrected chi connectivity index (χ3v) is 9.35. The van der Waals surface area contributed by atoms with Gasteiger partial charge in [-0.15, -0.1) is 11.3 Å². The highest BCUT2D eigenvalue weighted by Crippen LogP contribution is 2.36. The standard InChI is InChI=1S/C27H31FN4O6S2/c1-17-14-32(18(2)16-33)26(34)21-6-4-7-22(30-40(36,37)24-8-5-13-39-24)25(21)38-23(17)15-31(3)27(35)29-20-11-9-19(28)10-12-20/h4-13,17-18,23,30,33H,14-16H2,1-3H3,(H,29,35)/t17-,18-,23-/m0/s1. The summed E-state index contributed by atoms with van der Waals surface area (Å²) in [4.78, 5) is 29.4. The highest BCUT2D eigenvalue weighted by atomic mass is 32.2. The lowest BCUT2D eigenvalue weighted by atomic mass is 9.99. The zero-order valence-corrected chi connectivity index (χ0v) is 23.8. The van der Waals surface area contributed by atoms with E-state index in [0.29, 0.717) is 5.69 Å². The number of hydrogen-bond donors (Lipinski definition) is 3. The zero-order valence-electron chi connectivity index (χ0n) is 22.2. The first-order valence-corrected chi connectivity index (χ1v) is 14.9. The Morgan fingerprint density at radius 3 is 2.60 bits per heavy atom. The van der Waals surface area contributed by atoms with Crippen molar-refractivity contribution >= 4 is 44.7 Å². The summed E-state index contributed by atoms with van der Waals surface area (Å²) >= 11 is 1.05. The fourth-order valence-corrected chi connectivity index (χ4v) is 6.31. The van der Waals surface area contributed by atoms with Crippen LogP contribution in [0.25, 0.3) is 0 Å². The monoisotopic (exact) mass is 590 g/mol. The number of fused-ring (bicyclic) bond motifs is 1. The van der Waals surface area contributed by atoms with Crippen LogP contribution in [0.4, 0.5) is 20.6 Å². The van der Waals surface area contributed by atoms with Gasteiger partial charge in [0.1, 0.15) is 16.1 Å². The van der Waals surface area contributed by atoms with Gasteiger partial charge in [0.15, 0.2) is 5.75 Å². The van der Waals surface area contributed by atoms with Gasteiger partial charge >= 0.3 is 6.03 Å². The van der Waals surface area contributed by atoms with Crippen LogP contribution in [0.1, 0.15) is 24.2 Å². The molecule has 0 fully saturated rings. The molecule has 10 nitrogen and oxygen atoms in total. The SMILES string of the molecule is C[C@H]1CN([C@@H](C)CO)C(=O)c2cccc(NS(=O)(=O)c3cccs3)c2O[C@H]1CN(C)C(=O)Nc1ccc(F)cc1. The smallest absolute Gasteiger partial charge is 0.321 e. The van der Waals surface area contributed by atoms with Crippen molar-refractivity contribution in [1.82, 2.24) is 9.80 Å². The van der Waals surface area contributed by atoms with Crippen molar-refractivity contribution in [1.29, 1.82) is 0 Å². The molecule has 4 rings (SSSR count). The van der Waals surface area contributed by atoms with Gasteiger partial charge in [-0.1, -0.05) is 19.1 Å². The Bertz CT molecular complexity index is 1450. The highest BCUT2D eigenvalue weighted by molar-refractivity contribution is 7.94. The molecule has 2 heterocycles. The topological polar surface area (TPSA) is 128 Å². The van der Waals surface area contributed by atoms with Crippen molar-refractivity contribution in [3.8, 4) is 5.75 Å². The third kappa shape index (κ3) is 6.54. The van der Waals surface area contributed by atoms with E-state index < -0.39 is 39.9 Å². The number of amides is 3. The van der Waals surface area contributed by atoms with Crippen molar-refractivity contribution in [2.75, 3.05) is 36.8 Å². The van der Waals surface area contributed by atoms with Crippen molar-refractivity contribution in [2.45, 2.75) is 30.2 Å². The lowest BCUT2D eigenvalue weighted by molar-refractivity contribution is 0.0373. The Morgan fingerprint density at radius 1 is 1.23 bits per heavy atom. The fourth-order valence-electron chi connectivity index (χ4n) is 4.26. The maximum atomic E-state index is 13.6. The van der Waals surface area contributed by atoms with Crippen LogP contribution in [-0.4, -0.2) is 74.2 Å². The molecule has 1 aliphatic heterocycles. The largest absolute Gasteiger partial charge is 0.485 e. The second-order valence-electron chi connectivity index (χ2n) is 9.66. The predicted molar refractivity (Wildman–Crippen MR) is 151 cm³/mol. The summed E-state index contributed by atoms with van der Waals surface area (Å²) in [6.07, 6.45) is -0.670. The number of thiophene rings is 1. The summed E-state index contributed by atoms with van der Waals surface area (Å²) in [7, 11) is -2.39. The second-order valence-corrected chi connectivity index (χ2v) is 12.5. The molecule has 214 valence electrons. The number of sulfonamides is 1. The van der Waals surface area contributed by atoms with Gasteiger partial charge in [-0.3, -0.25) is 9.52 Å². The van der Waals surface area contributed by atoms with Gasteiger partial charge in [0.25, 0.3) is 15.9 Å². The van der Waals surface area contributed by atoms with Crippen molar-refractivity contribution in [3.63, 3.8) is 0 Å².